The standard InChI is InChI=1S/C12H14FN3S2/c1-2-6-14-12-11(15-16-18-12)8-17-10-5-3-4-9(13)7-10/h3-5,7,14H,2,6,8H2,1H3. The molecule has 0 aliphatic carbocycles. The molecular weight excluding hydrogens is 269 g/mol. The van der Waals surface area contributed by atoms with Gasteiger partial charge in [0.2, 0.25) is 0 Å². The van der Waals surface area contributed by atoms with Gasteiger partial charge in [0.15, 0.2) is 0 Å². The van der Waals surface area contributed by atoms with Crippen LogP contribution in [0.5, 0.6) is 0 Å². The van der Waals surface area contributed by atoms with Crippen LogP contribution in [0.4, 0.5) is 9.39 Å². The van der Waals surface area contributed by atoms with Crippen molar-refractivity contribution < 1.29 is 4.39 Å². The molecule has 18 heavy (non-hydrogen) atoms. The molecule has 0 radical (unpaired) electrons. The van der Waals surface area contributed by atoms with Gasteiger partial charge >= 0.3 is 0 Å². The van der Waals surface area contributed by atoms with Gasteiger partial charge < -0.3 is 5.32 Å². The molecule has 0 aliphatic rings. The minimum Gasteiger partial charge on any atom is -0.374 e. The van der Waals surface area contributed by atoms with Crippen LogP contribution >= 0.6 is 23.3 Å². The van der Waals surface area contributed by atoms with Crippen molar-refractivity contribution in [3.63, 3.8) is 0 Å². The lowest BCUT2D eigenvalue weighted by molar-refractivity contribution is 0.624. The Labute approximate surface area is 114 Å². The van der Waals surface area contributed by atoms with Gasteiger partial charge in [-0.3, -0.25) is 0 Å². The molecule has 1 aromatic heterocycles. The molecule has 0 saturated heterocycles. The number of benzene rings is 1. The zero-order chi connectivity index (χ0) is 12.8. The summed E-state index contributed by atoms with van der Waals surface area (Å²) < 4.78 is 17.0. The second kappa shape index (κ2) is 6.70. The number of anilines is 1. The van der Waals surface area contributed by atoms with Crippen LogP contribution in [-0.4, -0.2) is 16.1 Å². The number of hydrogen-bond donors (Lipinski definition) is 1. The topological polar surface area (TPSA) is 37.8 Å². The Balaban J connectivity index is 1.95. The maximum atomic E-state index is 13.0. The van der Waals surface area contributed by atoms with Gasteiger partial charge in [-0.2, -0.15) is 0 Å². The van der Waals surface area contributed by atoms with Gasteiger partial charge in [-0.1, -0.05) is 17.5 Å². The third kappa shape index (κ3) is 3.68. The second-order valence-corrected chi connectivity index (χ2v) is 5.52. The third-order valence-corrected chi connectivity index (χ3v) is 3.99. The van der Waals surface area contributed by atoms with Crippen molar-refractivity contribution in [1.29, 1.82) is 0 Å². The first-order valence-corrected chi connectivity index (χ1v) is 7.49. The lowest BCUT2D eigenvalue weighted by Gasteiger charge is -2.03. The van der Waals surface area contributed by atoms with Gasteiger partial charge in [-0.05, 0) is 24.6 Å². The quantitative estimate of drug-likeness (QED) is 0.818. The summed E-state index contributed by atoms with van der Waals surface area (Å²) in [4.78, 5) is 0.907. The van der Waals surface area contributed by atoms with Gasteiger partial charge in [0, 0.05) is 28.7 Å². The smallest absolute Gasteiger partial charge is 0.134 e. The number of rotatable bonds is 6. The first-order valence-electron chi connectivity index (χ1n) is 5.73. The Morgan fingerprint density at radius 2 is 2.33 bits per heavy atom. The molecule has 3 nitrogen and oxygen atoms in total. The highest BCUT2D eigenvalue weighted by molar-refractivity contribution is 7.98. The predicted molar refractivity (Wildman–Crippen MR) is 74.7 cm³/mol. The summed E-state index contributed by atoms with van der Waals surface area (Å²) in [5, 5.41) is 8.41. The van der Waals surface area contributed by atoms with E-state index in [1.54, 1.807) is 17.8 Å². The van der Waals surface area contributed by atoms with E-state index in [0.29, 0.717) is 5.75 Å². The summed E-state index contributed by atoms with van der Waals surface area (Å²) in [6.07, 6.45) is 1.06. The van der Waals surface area contributed by atoms with Gasteiger partial charge in [0.05, 0.1) is 0 Å². The largest absolute Gasteiger partial charge is 0.374 e. The van der Waals surface area contributed by atoms with Gasteiger partial charge in [-0.25, -0.2) is 4.39 Å². The molecule has 0 saturated carbocycles. The Hall–Kier alpha value is -1.14. The third-order valence-electron chi connectivity index (χ3n) is 2.26. The Bertz CT molecular complexity index is 502. The summed E-state index contributed by atoms with van der Waals surface area (Å²) in [7, 11) is 0. The molecule has 0 spiro atoms. The maximum Gasteiger partial charge on any atom is 0.134 e. The molecule has 0 fully saturated rings. The molecule has 2 aromatic rings. The van der Waals surface area contributed by atoms with E-state index in [4.69, 9.17) is 0 Å². The predicted octanol–water partition coefficient (Wildman–Crippen LogP) is 3.79. The molecule has 6 heteroatoms. The highest BCUT2D eigenvalue weighted by Crippen LogP contribution is 2.27. The Morgan fingerprint density at radius 1 is 1.44 bits per heavy atom. The molecule has 96 valence electrons. The van der Waals surface area contributed by atoms with E-state index in [2.05, 4.69) is 21.8 Å². The van der Waals surface area contributed by atoms with E-state index >= 15 is 0 Å². The Morgan fingerprint density at radius 3 is 3.11 bits per heavy atom. The van der Waals surface area contributed by atoms with Crippen molar-refractivity contribution in [3.8, 4) is 0 Å². The van der Waals surface area contributed by atoms with Crippen molar-refractivity contribution in [1.82, 2.24) is 9.59 Å². The minimum atomic E-state index is -0.208. The number of thioether (sulfide) groups is 1. The molecule has 0 atom stereocenters. The number of aromatic nitrogens is 2. The van der Waals surface area contributed by atoms with E-state index < -0.39 is 0 Å². The molecular formula is C12H14FN3S2. The number of halogens is 1. The average molecular weight is 283 g/mol. The summed E-state index contributed by atoms with van der Waals surface area (Å²) >= 11 is 2.93. The number of hydrogen-bond acceptors (Lipinski definition) is 5. The summed E-state index contributed by atoms with van der Waals surface area (Å²) in [5.41, 5.74) is 0.933. The lowest BCUT2D eigenvalue weighted by Crippen LogP contribution is -2.00. The van der Waals surface area contributed by atoms with Crippen molar-refractivity contribution in [2.75, 3.05) is 11.9 Å². The van der Waals surface area contributed by atoms with E-state index in [1.807, 2.05) is 6.07 Å². The molecule has 1 N–H and O–H groups in total. The van der Waals surface area contributed by atoms with E-state index in [9.17, 15) is 4.39 Å². The fourth-order valence-corrected chi connectivity index (χ4v) is 2.96. The minimum absolute atomic E-state index is 0.208. The molecule has 1 aromatic carbocycles. The fraction of sp³-hybridized carbons (Fsp3) is 0.333. The van der Waals surface area contributed by atoms with Gasteiger partial charge in [-0.15, -0.1) is 16.9 Å². The first-order chi connectivity index (χ1) is 8.79. The van der Waals surface area contributed by atoms with Crippen molar-refractivity contribution >= 4 is 28.3 Å². The van der Waals surface area contributed by atoms with Crippen molar-refractivity contribution in [3.05, 3.63) is 35.8 Å². The molecule has 0 aliphatic heterocycles. The van der Waals surface area contributed by atoms with Gasteiger partial charge in [0.1, 0.15) is 16.5 Å². The summed E-state index contributed by atoms with van der Waals surface area (Å²) in [6, 6.07) is 6.59. The normalized spacial score (nSPS) is 10.6. The van der Waals surface area contributed by atoms with Crippen LogP contribution in [0.1, 0.15) is 19.0 Å². The van der Waals surface area contributed by atoms with E-state index in [1.165, 1.54) is 23.7 Å². The second-order valence-electron chi connectivity index (χ2n) is 3.72. The lowest BCUT2D eigenvalue weighted by atomic mass is 10.4. The first kappa shape index (κ1) is 13.3. The molecule has 2 rings (SSSR count). The van der Waals surface area contributed by atoms with Crippen LogP contribution in [-0.2, 0) is 5.75 Å². The number of nitrogens with zero attached hydrogens (tertiary/aromatic N) is 2. The molecule has 0 unspecified atom stereocenters. The SMILES string of the molecule is CCCNc1snnc1CSc1cccc(F)c1. The Kier molecular flexibility index (Phi) is 4.95. The number of nitrogens with one attached hydrogen (secondary N) is 1. The van der Waals surface area contributed by atoms with Crippen LogP contribution < -0.4 is 5.32 Å². The van der Waals surface area contributed by atoms with Crippen molar-refractivity contribution in [2.45, 2.75) is 24.0 Å². The summed E-state index contributed by atoms with van der Waals surface area (Å²) in [6.45, 7) is 3.03. The van der Waals surface area contributed by atoms with E-state index in [-0.39, 0.29) is 5.82 Å². The van der Waals surface area contributed by atoms with Crippen LogP contribution in [0.25, 0.3) is 0 Å². The van der Waals surface area contributed by atoms with Crippen LogP contribution in [0.2, 0.25) is 0 Å². The monoisotopic (exact) mass is 283 g/mol. The van der Waals surface area contributed by atoms with Crippen LogP contribution in [0.15, 0.2) is 29.2 Å². The van der Waals surface area contributed by atoms with Gasteiger partial charge in [0.25, 0.3) is 0 Å². The summed E-state index contributed by atoms with van der Waals surface area (Å²) in [5.74, 6) is 0.493. The molecule has 0 bridgehead atoms. The van der Waals surface area contributed by atoms with Crippen molar-refractivity contribution in [2.24, 2.45) is 0 Å². The van der Waals surface area contributed by atoms with E-state index in [0.717, 1.165) is 28.6 Å². The van der Waals surface area contributed by atoms with Crippen LogP contribution in [0, 0.1) is 5.82 Å². The highest BCUT2D eigenvalue weighted by atomic mass is 32.2. The molecule has 1 heterocycles. The molecule has 0 amide bonds. The van der Waals surface area contributed by atoms with Crippen LogP contribution in [0.3, 0.4) is 0 Å². The zero-order valence-electron chi connectivity index (χ0n) is 10.0. The highest BCUT2D eigenvalue weighted by Gasteiger charge is 2.08. The average Bonchev–Trinajstić information content (AvgIpc) is 2.81. The maximum absolute atomic E-state index is 13.0. The fourth-order valence-electron chi connectivity index (χ4n) is 1.38. The zero-order valence-corrected chi connectivity index (χ0v) is 11.7.